The maximum atomic E-state index is 12.8. The highest BCUT2D eigenvalue weighted by Crippen LogP contribution is 2.34. The summed E-state index contributed by atoms with van der Waals surface area (Å²) in [4.78, 5) is 12.1. The largest absolute Gasteiger partial charge is 0.496 e. The summed E-state index contributed by atoms with van der Waals surface area (Å²) in [7, 11) is -0.110. The number of hydrogen-bond acceptors (Lipinski definition) is 8. The van der Waals surface area contributed by atoms with Crippen LogP contribution in [0.1, 0.15) is 16.7 Å². The van der Waals surface area contributed by atoms with Crippen LogP contribution in [0.5, 0.6) is 23.0 Å². The Morgan fingerprint density at radius 1 is 0.921 bits per heavy atom. The van der Waals surface area contributed by atoms with E-state index in [4.69, 9.17) is 18.4 Å². The Morgan fingerprint density at radius 2 is 1.53 bits per heavy atom. The lowest BCUT2D eigenvalue weighted by Gasteiger charge is -2.14. The fraction of sp³-hybridized carbons (Fsp3) is 0.200. The first kappa shape index (κ1) is 28.3. The zero-order valence-corrected chi connectivity index (χ0v) is 21.2. The first-order valence-corrected chi connectivity index (χ1v) is 12.2. The minimum absolute atomic E-state index is 0.149. The molecule has 0 bridgehead atoms. The van der Waals surface area contributed by atoms with Gasteiger partial charge in [0, 0.05) is 23.3 Å². The van der Waals surface area contributed by atoms with Gasteiger partial charge in [-0.2, -0.15) is 26.7 Å². The van der Waals surface area contributed by atoms with Crippen LogP contribution in [0.15, 0.2) is 70.7 Å². The first-order valence-electron chi connectivity index (χ1n) is 10.8. The SMILES string of the molecule is COc1cc(OC)c(CC(=O)N/N=C/c2ccccc2OS(=O)(=O)c2ccc(C(F)(F)F)cc2)c(OC)c1. The van der Waals surface area contributed by atoms with Gasteiger partial charge in [-0.3, -0.25) is 4.79 Å². The maximum absolute atomic E-state index is 12.8. The molecule has 0 saturated heterocycles. The average molecular weight is 553 g/mol. The number of nitrogens with zero attached hydrogens (tertiary/aromatic N) is 1. The standard InChI is InChI=1S/C25H23F3N2O7S/c1-34-18-12-22(35-2)20(23(13-18)36-3)14-24(31)30-29-15-16-6-4-5-7-21(16)37-38(32,33)19-10-8-17(9-11-19)25(26,27)28/h4-13,15H,14H2,1-3H3,(H,30,31)/b29-15+. The number of rotatable bonds is 10. The summed E-state index contributed by atoms with van der Waals surface area (Å²) >= 11 is 0. The Kier molecular flexibility index (Phi) is 8.84. The molecule has 0 aliphatic rings. The van der Waals surface area contributed by atoms with Gasteiger partial charge in [-0.05, 0) is 36.4 Å². The number of alkyl halides is 3. The van der Waals surface area contributed by atoms with Crippen molar-refractivity contribution >= 4 is 22.2 Å². The van der Waals surface area contributed by atoms with Crippen molar-refractivity contribution in [1.29, 1.82) is 0 Å². The number of carbonyl (C=O) groups is 1. The molecule has 38 heavy (non-hydrogen) atoms. The Balaban J connectivity index is 1.73. The van der Waals surface area contributed by atoms with Gasteiger partial charge in [-0.15, -0.1) is 0 Å². The summed E-state index contributed by atoms with van der Waals surface area (Å²) in [5.41, 5.74) is 1.97. The van der Waals surface area contributed by atoms with E-state index in [1.54, 1.807) is 18.2 Å². The molecular formula is C25H23F3N2O7S. The van der Waals surface area contributed by atoms with Crippen molar-refractivity contribution in [3.05, 3.63) is 77.4 Å². The molecule has 3 aromatic rings. The van der Waals surface area contributed by atoms with E-state index in [2.05, 4.69) is 10.5 Å². The second kappa shape index (κ2) is 11.9. The fourth-order valence-corrected chi connectivity index (χ4v) is 4.22. The molecule has 1 N–H and O–H groups in total. The number of nitrogens with one attached hydrogen (secondary N) is 1. The quantitative estimate of drug-likeness (QED) is 0.228. The third kappa shape index (κ3) is 6.94. The number of amides is 1. The van der Waals surface area contributed by atoms with Crippen molar-refractivity contribution < 1.29 is 44.8 Å². The summed E-state index contributed by atoms with van der Waals surface area (Å²) in [6.07, 6.45) is -3.60. The van der Waals surface area contributed by atoms with Gasteiger partial charge < -0.3 is 18.4 Å². The van der Waals surface area contributed by atoms with Crippen molar-refractivity contribution in [2.24, 2.45) is 5.10 Å². The van der Waals surface area contributed by atoms with E-state index in [-0.39, 0.29) is 17.7 Å². The van der Waals surface area contributed by atoms with Crippen molar-refractivity contribution in [2.75, 3.05) is 21.3 Å². The van der Waals surface area contributed by atoms with Gasteiger partial charge in [0.1, 0.15) is 22.1 Å². The van der Waals surface area contributed by atoms with Gasteiger partial charge in [0.05, 0.1) is 39.5 Å². The molecule has 202 valence electrons. The van der Waals surface area contributed by atoms with Gasteiger partial charge in [0.25, 0.3) is 0 Å². The smallest absolute Gasteiger partial charge is 0.416 e. The number of methoxy groups -OCH3 is 3. The first-order chi connectivity index (χ1) is 18.0. The van der Waals surface area contributed by atoms with Crippen LogP contribution in [0.4, 0.5) is 13.2 Å². The molecule has 9 nitrogen and oxygen atoms in total. The molecule has 1 amide bonds. The molecule has 0 heterocycles. The lowest BCUT2D eigenvalue weighted by molar-refractivity contribution is -0.137. The van der Waals surface area contributed by atoms with Crippen LogP contribution < -0.4 is 23.8 Å². The van der Waals surface area contributed by atoms with Crippen LogP contribution in [-0.4, -0.2) is 41.9 Å². The predicted molar refractivity (Wildman–Crippen MR) is 131 cm³/mol. The molecule has 0 spiro atoms. The van der Waals surface area contributed by atoms with E-state index in [1.165, 1.54) is 39.5 Å². The van der Waals surface area contributed by atoms with Gasteiger partial charge in [-0.1, -0.05) is 12.1 Å². The highest BCUT2D eigenvalue weighted by atomic mass is 32.2. The predicted octanol–water partition coefficient (Wildman–Crippen LogP) is 4.19. The Hall–Kier alpha value is -4.26. The summed E-state index contributed by atoms with van der Waals surface area (Å²) in [5.74, 6) is 0.534. The fourth-order valence-electron chi connectivity index (χ4n) is 3.27. The molecule has 3 aromatic carbocycles. The van der Waals surface area contributed by atoms with Crippen LogP contribution in [-0.2, 0) is 27.5 Å². The molecule has 0 aliphatic carbocycles. The van der Waals surface area contributed by atoms with E-state index >= 15 is 0 Å². The molecule has 0 atom stereocenters. The minimum atomic E-state index is -4.61. The summed E-state index contributed by atoms with van der Waals surface area (Å²) in [6, 6.07) is 12.0. The Morgan fingerprint density at radius 3 is 2.08 bits per heavy atom. The van der Waals surface area contributed by atoms with E-state index in [0.717, 1.165) is 18.3 Å². The van der Waals surface area contributed by atoms with Crippen LogP contribution >= 0.6 is 0 Å². The second-order valence-electron chi connectivity index (χ2n) is 7.58. The number of carbonyl (C=O) groups excluding carboxylic acids is 1. The third-order valence-electron chi connectivity index (χ3n) is 5.14. The normalized spacial score (nSPS) is 11.7. The van der Waals surface area contributed by atoms with E-state index < -0.39 is 32.7 Å². The minimum Gasteiger partial charge on any atom is -0.496 e. The number of hydrazone groups is 1. The van der Waals surface area contributed by atoms with Crippen LogP contribution in [0.25, 0.3) is 0 Å². The average Bonchev–Trinajstić information content (AvgIpc) is 2.89. The molecule has 13 heteroatoms. The van der Waals surface area contributed by atoms with Crippen LogP contribution in [0.2, 0.25) is 0 Å². The number of benzene rings is 3. The molecule has 0 aromatic heterocycles. The monoisotopic (exact) mass is 552 g/mol. The molecule has 3 rings (SSSR count). The molecular weight excluding hydrogens is 529 g/mol. The summed E-state index contributed by atoms with van der Waals surface area (Å²) in [6.45, 7) is 0. The van der Waals surface area contributed by atoms with Gasteiger partial charge in [-0.25, -0.2) is 5.43 Å². The number of para-hydroxylation sites is 1. The van der Waals surface area contributed by atoms with Gasteiger partial charge in [0.2, 0.25) is 5.91 Å². The van der Waals surface area contributed by atoms with E-state index in [9.17, 15) is 26.4 Å². The molecule has 0 aliphatic heterocycles. The van der Waals surface area contributed by atoms with Crippen molar-refractivity contribution in [3.63, 3.8) is 0 Å². The van der Waals surface area contributed by atoms with E-state index in [0.29, 0.717) is 34.9 Å². The zero-order chi connectivity index (χ0) is 27.9. The Bertz CT molecular complexity index is 1400. The van der Waals surface area contributed by atoms with Crippen LogP contribution in [0, 0.1) is 0 Å². The van der Waals surface area contributed by atoms with Gasteiger partial charge in [0.15, 0.2) is 5.75 Å². The van der Waals surface area contributed by atoms with E-state index in [1.807, 2.05) is 0 Å². The Labute approximate surface area is 216 Å². The third-order valence-corrected chi connectivity index (χ3v) is 6.38. The molecule has 0 radical (unpaired) electrons. The second-order valence-corrected chi connectivity index (χ2v) is 9.12. The lowest BCUT2D eigenvalue weighted by Crippen LogP contribution is -2.20. The number of halogens is 3. The molecule has 0 unspecified atom stereocenters. The summed E-state index contributed by atoms with van der Waals surface area (Å²) < 4.78 is 84.5. The summed E-state index contributed by atoms with van der Waals surface area (Å²) in [5, 5.41) is 3.85. The van der Waals surface area contributed by atoms with Crippen molar-refractivity contribution in [3.8, 4) is 23.0 Å². The molecule has 0 fully saturated rings. The van der Waals surface area contributed by atoms with Gasteiger partial charge >= 0.3 is 16.3 Å². The highest BCUT2D eigenvalue weighted by Gasteiger charge is 2.31. The topological polar surface area (TPSA) is 113 Å². The zero-order valence-electron chi connectivity index (χ0n) is 20.4. The number of ether oxygens (including phenoxy) is 3. The maximum Gasteiger partial charge on any atom is 0.416 e. The van der Waals surface area contributed by atoms with Crippen LogP contribution in [0.3, 0.4) is 0 Å². The highest BCUT2D eigenvalue weighted by molar-refractivity contribution is 7.87. The van der Waals surface area contributed by atoms with Crippen molar-refractivity contribution in [2.45, 2.75) is 17.5 Å². The molecule has 0 saturated carbocycles. The number of hydrogen-bond donors (Lipinski definition) is 1. The lowest BCUT2D eigenvalue weighted by atomic mass is 10.1. The van der Waals surface area contributed by atoms with Crippen molar-refractivity contribution in [1.82, 2.24) is 5.43 Å².